The number of nitrogens with one attached hydrogen (secondary N) is 2. The van der Waals surface area contributed by atoms with E-state index in [9.17, 15) is 29.7 Å². The van der Waals surface area contributed by atoms with Crippen molar-refractivity contribution < 1.29 is 39.2 Å². The summed E-state index contributed by atoms with van der Waals surface area (Å²) in [6, 6.07) is 12.4. The third-order valence-corrected chi connectivity index (χ3v) is 8.59. The van der Waals surface area contributed by atoms with Crippen LogP contribution in [0, 0.1) is 3.57 Å². The highest BCUT2D eigenvalue weighted by atomic mass is 127. The molecule has 3 unspecified atom stereocenters. The van der Waals surface area contributed by atoms with Gasteiger partial charge in [-0.1, -0.05) is 18.2 Å². The van der Waals surface area contributed by atoms with Gasteiger partial charge in [0, 0.05) is 55.6 Å². The Labute approximate surface area is 275 Å². The largest absolute Gasteiger partial charge is 0.493 e. The summed E-state index contributed by atoms with van der Waals surface area (Å²) in [7, 11) is 1.47. The number of nitrogens with zero attached hydrogens (tertiary/aromatic N) is 1. The van der Waals surface area contributed by atoms with Crippen molar-refractivity contribution in [2.75, 3.05) is 26.8 Å². The van der Waals surface area contributed by atoms with E-state index in [0.717, 1.165) is 16.6 Å². The van der Waals surface area contributed by atoms with Crippen molar-refractivity contribution in [1.82, 2.24) is 15.2 Å². The van der Waals surface area contributed by atoms with E-state index in [4.69, 9.17) is 9.47 Å². The van der Waals surface area contributed by atoms with Crippen LogP contribution in [0.4, 0.5) is 0 Å². The molecule has 11 nitrogen and oxygen atoms in total. The Balaban J connectivity index is 1.68. The van der Waals surface area contributed by atoms with Crippen LogP contribution in [0.3, 0.4) is 0 Å². The normalized spacial score (nSPS) is 17.9. The zero-order chi connectivity index (χ0) is 32.5. The molecule has 3 atom stereocenters. The number of aromatic amines is 1. The van der Waals surface area contributed by atoms with Crippen LogP contribution in [0.25, 0.3) is 10.9 Å². The van der Waals surface area contributed by atoms with Crippen LogP contribution in [0.2, 0.25) is 0 Å². The van der Waals surface area contributed by atoms with E-state index < -0.39 is 24.2 Å². The number of Topliss-reactive ketones (excluding diaryl/α,β-unsaturated/α-hetero) is 1. The first kappa shape index (κ1) is 34.4. The number of para-hydroxylation sites is 1. The van der Waals surface area contributed by atoms with Crippen molar-refractivity contribution in [3.63, 3.8) is 0 Å². The molecule has 0 bridgehead atoms. The van der Waals surface area contributed by atoms with Crippen LogP contribution < -0.4 is 14.8 Å². The summed E-state index contributed by atoms with van der Waals surface area (Å²) >= 11 is 2.05. The minimum atomic E-state index is -1.23. The molecule has 5 N–H and O–H groups in total. The molecule has 0 spiro atoms. The van der Waals surface area contributed by atoms with Crippen LogP contribution in [0.15, 0.2) is 54.1 Å². The number of fused-ring (bicyclic) bond motifs is 1. The highest BCUT2D eigenvalue weighted by molar-refractivity contribution is 14.1. The zero-order valence-electron chi connectivity index (χ0n) is 25.4. The maximum absolute atomic E-state index is 13.8. The number of hydrogen-bond acceptors (Lipinski definition) is 8. The lowest BCUT2D eigenvalue weighted by Crippen LogP contribution is -2.55. The number of aliphatic hydroxyl groups is 3. The highest BCUT2D eigenvalue weighted by Gasteiger charge is 2.40. The molecule has 0 saturated heterocycles. The molecule has 2 aromatic carbocycles. The highest BCUT2D eigenvalue weighted by Crippen LogP contribution is 2.37. The molecule has 1 aliphatic rings. The minimum Gasteiger partial charge on any atom is -0.493 e. The summed E-state index contributed by atoms with van der Waals surface area (Å²) in [5, 5.41) is 34.4. The Bertz CT molecular complexity index is 1500. The van der Waals surface area contributed by atoms with Gasteiger partial charge in [-0.15, -0.1) is 0 Å². The molecule has 0 aliphatic heterocycles. The summed E-state index contributed by atoms with van der Waals surface area (Å²) in [6.45, 7) is 1.32. The van der Waals surface area contributed by atoms with Crippen LogP contribution >= 0.6 is 22.6 Å². The first-order chi connectivity index (χ1) is 21.6. The van der Waals surface area contributed by atoms with Gasteiger partial charge in [0.05, 0.1) is 29.9 Å². The number of ketones is 1. The van der Waals surface area contributed by atoms with Crippen LogP contribution in [0.5, 0.6) is 11.5 Å². The second kappa shape index (κ2) is 16.2. The molecule has 45 heavy (non-hydrogen) atoms. The van der Waals surface area contributed by atoms with Gasteiger partial charge < -0.3 is 44.8 Å². The second-order valence-electron chi connectivity index (χ2n) is 11.1. The molecule has 3 aromatic rings. The van der Waals surface area contributed by atoms with E-state index in [1.165, 1.54) is 14.0 Å². The van der Waals surface area contributed by atoms with Gasteiger partial charge in [-0.2, -0.15) is 0 Å². The van der Waals surface area contributed by atoms with Crippen molar-refractivity contribution in [3.05, 3.63) is 68.9 Å². The molecule has 0 saturated carbocycles. The van der Waals surface area contributed by atoms with Gasteiger partial charge in [-0.25, -0.2) is 0 Å². The molecule has 1 heterocycles. The monoisotopic (exact) mass is 733 g/mol. The number of aromatic nitrogens is 1. The minimum absolute atomic E-state index is 0.0138. The van der Waals surface area contributed by atoms with Crippen molar-refractivity contribution in [2.24, 2.45) is 0 Å². The Kier molecular flexibility index (Phi) is 12.4. The Hall–Kier alpha value is -3.46. The average molecular weight is 734 g/mol. The zero-order valence-corrected chi connectivity index (χ0v) is 27.6. The predicted molar refractivity (Wildman–Crippen MR) is 177 cm³/mol. The molecule has 12 heteroatoms. The average Bonchev–Trinajstić information content (AvgIpc) is 3.44. The molecule has 0 radical (unpaired) electrons. The molecule has 1 aromatic heterocycles. The lowest BCUT2D eigenvalue weighted by molar-refractivity contribution is -0.138. The molecule has 1 aliphatic carbocycles. The van der Waals surface area contributed by atoms with Gasteiger partial charge in [-0.3, -0.25) is 9.59 Å². The number of benzene rings is 2. The second-order valence-corrected chi connectivity index (χ2v) is 12.2. The van der Waals surface area contributed by atoms with Gasteiger partial charge in [0.25, 0.3) is 0 Å². The Morgan fingerprint density at radius 1 is 1.13 bits per heavy atom. The lowest BCUT2D eigenvalue weighted by Gasteiger charge is -2.40. The number of carbonyl (C=O) groups is 3. The number of methoxy groups -OCH3 is 1. The number of amides is 2. The first-order valence-electron chi connectivity index (χ1n) is 14.9. The number of rotatable bonds is 15. The lowest BCUT2D eigenvalue weighted by atomic mass is 9.87. The predicted octanol–water partition coefficient (Wildman–Crippen LogP) is 3.02. The molecular formula is C33H40IN3O8. The molecule has 4 rings (SSSR count). The van der Waals surface area contributed by atoms with Crippen molar-refractivity contribution in [1.29, 1.82) is 0 Å². The number of aliphatic hydroxyl groups excluding tert-OH is 3. The summed E-state index contributed by atoms with van der Waals surface area (Å²) in [5.41, 5.74) is 2.80. The van der Waals surface area contributed by atoms with Crippen LogP contribution in [0.1, 0.15) is 43.9 Å². The van der Waals surface area contributed by atoms with Gasteiger partial charge in [-0.05, 0) is 77.2 Å². The third-order valence-electron chi connectivity index (χ3n) is 7.79. The van der Waals surface area contributed by atoms with E-state index >= 15 is 0 Å². The van der Waals surface area contributed by atoms with E-state index in [2.05, 4.69) is 32.9 Å². The van der Waals surface area contributed by atoms with Gasteiger partial charge in [0.15, 0.2) is 11.5 Å². The number of halogens is 1. The standard InChI is InChI=1S/C33H40IN3O8/c1-20(40)6-5-9-30(41)37(12-10-24-16-22-7-3-4-8-26(22)36-24)27-17-23(33(43)35-11-13-38)18-28(31(27)42)45-32-25(34)14-21(19-39)15-29(32)44-2/h3-4,7-8,14-16,18,27-28,31,36,38-39,42H,5-6,9-13,17,19H2,1-2H3,(H,35,43). The smallest absolute Gasteiger partial charge is 0.247 e. The van der Waals surface area contributed by atoms with E-state index in [-0.39, 0.29) is 57.3 Å². The Morgan fingerprint density at radius 3 is 2.60 bits per heavy atom. The fourth-order valence-electron chi connectivity index (χ4n) is 5.51. The maximum Gasteiger partial charge on any atom is 0.247 e. The van der Waals surface area contributed by atoms with Crippen molar-refractivity contribution in [3.8, 4) is 11.5 Å². The van der Waals surface area contributed by atoms with Gasteiger partial charge in [0.2, 0.25) is 11.8 Å². The first-order valence-corrected chi connectivity index (χ1v) is 16.0. The molecule has 0 fully saturated rings. The van der Waals surface area contributed by atoms with Gasteiger partial charge in [0.1, 0.15) is 18.0 Å². The molecular weight excluding hydrogens is 693 g/mol. The number of ether oxygens (including phenoxy) is 2. The SMILES string of the molecule is COc1cc(CO)cc(I)c1OC1C=C(C(=O)NCCO)CC(N(CCc2cc3ccccc3[nH]2)C(=O)CCCC(C)=O)C1O. The maximum atomic E-state index is 13.8. The Morgan fingerprint density at radius 2 is 1.91 bits per heavy atom. The van der Waals surface area contributed by atoms with Crippen molar-refractivity contribution >= 4 is 51.1 Å². The fraction of sp³-hybridized carbons (Fsp3) is 0.424. The van der Waals surface area contributed by atoms with Gasteiger partial charge >= 0.3 is 0 Å². The third kappa shape index (κ3) is 8.84. The quantitative estimate of drug-likeness (QED) is 0.149. The summed E-state index contributed by atoms with van der Waals surface area (Å²) in [4.78, 5) is 43.5. The number of H-pyrrole nitrogens is 1. The number of hydrogen-bond donors (Lipinski definition) is 5. The topological polar surface area (TPSA) is 161 Å². The summed E-state index contributed by atoms with van der Waals surface area (Å²) in [6.07, 6.45) is 0.527. The van der Waals surface area contributed by atoms with Crippen molar-refractivity contribution in [2.45, 2.75) is 63.9 Å². The summed E-state index contributed by atoms with van der Waals surface area (Å²) < 4.78 is 12.5. The molecule has 242 valence electrons. The van der Waals surface area contributed by atoms with Crippen LogP contribution in [-0.2, 0) is 27.4 Å². The summed E-state index contributed by atoms with van der Waals surface area (Å²) in [5.74, 6) is -0.0297. The van der Waals surface area contributed by atoms with E-state index in [0.29, 0.717) is 39.0 Å². The van der Waals surface area contributed by atoms with E-state index in [1.807, 2.05) is 30.3 Å². The fourth-order valence-corrected chi connectivity index (χ4v) is 6.30. The molecule has 2 amide bonds. The number of carbonyl (C=O) groups excluding carboxylic acids is 3. The van der Waals surface area contributed by atoms with E-state index in [1.54, 1.807) is 23.1 Å². The van der Waals surface area contributed by atoms with Crippen LogP contribution in [-0.4, -0.2) is 87.9 Å².